The zero-order chi connectivity index (χ0) is 15.2. The van der Waals surface area contributed by atoms with Crippen molar-refractivity contribution in [3.8, 4) is 17.6 Å². The van der Waals surface area contributed by atoms with Crippen LogP contribution in [0.1, 0.15) is 18.4 Å². The van der Waals surface area contributed by atoms with Crippen LogP contribution in [0.15, 0.2) is 23.8 Å². The van der Waals surface area contributed by atoms with E-state index < -0.39 is 0 Å². The predicted molar refractivity (Wildman–Crippen MR) is 79.0 cm³/mol. The van der Waals surface area contributed by atoms with Crippen molar-refractivity contribution in [2.24, 2.45) is 0 Å². The Bertz CT molecular complexity index is 596. The van der Waals surface area contributed by atoms with Gasteiger partial charge in [0.05, 0.1) is 14.2 Å². The summed E-state index contributed by atoms with van der Waals surface area (Å²) < 4.78 is 10.5. The second-order valence-corrected chi connectivity index (χ2v) is 4.75. The van der Waals surface area contributed by atoms with Gasteiger partial charge in [0.2, 0.25) is 0 Å². The lowest BCUT2D eigenvalue weighted by Gasteiger charge is -2.15. The summed E-state index contributed by atoms with van der Waals surface area (Å²) in [6, 6.07) is 7.34. The molecule has 110 valence electrons. The van der Waals surface area contributed by atoms with Gasteiger partial charge in [-0.05, 0) is 25.0 Å². The molecule has 0 aromatic heterocycles. The molecule has 1 fully saturated rings. The Morgan fingerprint density at radius 1 is 1.29 bits per heavy atom. The first-order valence-corrected chi connectivity index (χ1v) is 6.83. The van der Waals surface area contributed by atoms with Crippen molar-refractivity contribution in [2.45, 2.75) is 12.8 Å². The summed E-state index contributed by atoms with van der Waals surface area (Å²) in [5.74, 6) is 0.860. The number of methoxy groups -OCH3 is 2. The minimum absolute atomic E-state index is 0.114. The van der Waals surface area contributed by atoms with Gasteiger partial charge in [-0.1, -0.05) is 12.1 Å². The van der Waals surface area contributed by atoms with Gasteiger partial charge >= 0.3 is 0 Å². The van der Waals surface area contributed by atoms with Crippen LogP contribution < -0.4 is 9.47 Å². The third kappa shape index (κ3) is 3.16. The maximum atomic E-state index is 12.3. The maximum Gasteiger partial charge on any atom is 0.264 e. The van der Waals surface area contributed by atoms with Crippen LogP contribution in [0.3, 0.4) is 0 Å². The minimum atomic E-state index is -0.222. The Labute approximate surface area is 124 Å². The highest BCUT2D eigenvalue weighted by Gasteiger charge is 2.22. The number of hydrogen-bond acceptors (Lipinski definition) is 4. The molecule has 0 atom stereocenters. The molecule has 0 spiro atoms. The van der Waals surface area contributed by atoms with Crippen molar-refractivity contribution in [2.75, 3.05) is 27.3 Å². The zero-order valence-corrected chi connectivity index (χ0v) is 12.3. The van der Waals surface area contributed by atoms with Crippen LogP contribution in [0.5, 0.6) is 11.5 Å². The van der Waals surface area contributed by atoms with Gasteiger partial charge < -0.3 is 14.4 Å². The molecule has 0 saturated carbocycles. The summed E-state index contributed by atoms with van der Waals surface area (Å²) in [5.41, 5.74) is 0.768. The molecular weight excluding hydrogens is 268 g/mol. The van der Waals surface area contributed by atoms with Crippen LogP contribution in [0.25, 0.3) is 6.08 Å². The van der Waals surface area contributed by atoms with E-state index in [-0.39, 0.29) is 11.5 Å². The van der Waals surface area contributed by atoms with E-state index in [2.05, 4.69) is 0 Å². The number of benzene rings is 1. The van der Waals surface area contributed by atoms with Gasteiger partial charge in [-0.3, -0.25) is 4.79 Å². The standard InChI is InChI=1S/C16H18N2O3/c1-20-14-7-5-6-12(15(14)21-2)10-13(11-17)16(19)18-8-3-4-9-18/h5-7,10H,3-4,8-9H2,1-2H3/b13-10+. The van der Waals surface area contributed by atoms with Gasteiger partial charge in [0.1, 0.15) is 11.6 Å². The Balaban J connectivity index is 2.36. The van der Waals surface area contributed by atoms with Gasteiger partial charge in [0, 0.05) is 18.7 Å². The van der Waals surface area contributed by atoms with Gasteiger partial charge in [0.15, 0.2) is 11.5 Å². The number of para-hydroxylation sites is 1. The molecular formula is C16H18N2O3. The van der Waals surface area contributed by atoms with Crippen LogP contribution in [0, 0.1) is 11.3 Å². The van der Waals surface area contributed by atoms with Gasteiger partial charge in [-0.15, -0.1) is 0 Å². The molecule has 1 aromatic carbocycles. The summed E-state index contributed by atoms with van der Waals surface area (Å²) in [7, 11) is 3.08. The van der Waals surface area contributed by atoms with Crippen LogP contribution in [-0.4, -0.2) is 38.1 Å². The van der Waals surface area contributed by atoms with E-state index in [1.165, 1.54) is 7.11 Å². The molecule has 1 aliphatic rings. The highest BCUT2D eigenvalue weighted by atomic mass is 16.5. The fourth-order valence-corrected chi connectivity index (χ4v) is 2.41. The van der Waals surface area contributed by atoms with E-state index in [0.29, 0.717) is 30.2 Å². The summed E-state index contributed by atoms with van der Waals surface area (Å²) in [5, 5.41) is 9.27. The van der Waals surface area contributed by atoms with E-state index in [1.54, 1.807) is 36.3 Å². The third-order valence-corrected chi connectivity index (χ3v) is 3.48. The van der Waals surface area contributed by atoms with Crippen molar-refractivity contribution in [3.05, 3.63) is 29.3 Å². The smallest absolute Gasteiger partial charge is 0.264 e. The third-order valence-electron chi connectivity index (χ3n) is 3.48. The van der Waals surface area contributed by atoms with Crippen molar-refractivity contribution < 1.29 is 14.3 Å². The lowest BCUT2D eigenvalue weighted by Crippen LogP contribution is -2.28. The first kappa shape index (κ1) is 14.9. The molecule has 0 N–H and O–H groups in total. The molecule has 21 heavy (non-hydrogen) atoms. The molecule has 1 aromatic rings. The monoisotopic (exact) mass is 286 g/mol. The summed E-state index contributed by atoms with van der Waals surface area (Å²) >= 11 is 0. The van der Waals surface area contributed by atoms with Gasteiger partial charge in [-0.2, -0.15) is 5.26 Å². The summed E-state index contributed by atoms with van der Waals surface area (Å²) in [4.78, 5) is 14.0. The number of ether oxygens (including phenoxy) is 2. The number of carbonyl (C=O) groups excluding carboxylic acids is 1. The molecule has 1 aliphatic heterocycles. The number of likely N-dealkylation sites (tertiary alicyclic amines) is 1. The largest absolute Gasteiger partial charge is 0.493 e. The second kappa shape index (κ2) is 6.80. The topological polar surface area (TPSA) is 62.6 Å². The van der Waals surface area contributed by atoms with Gasteiger partial charge in [0.25, 0.3) is 5.91 Å². The van der Waals surface area contributed by atoms with Crippen molar-refractivity contribution in [3.63, 3.8) is 0 Å². The molecule has 0 unspecified atom stereocenters. The molecule has 0 radical (unpaired) electrons. The molecule has 1 amide bonds. The van der Waals surface area contributed by atoms with Crippen LogP contribution >= 0.6 is 0 Å². The maximum absolute atomic E-state index is 12.3. The lowest BCUT2D eigenvalue weighted by molar-refractivity contribution is -0.125. The number of amides is 1. The van der Waals surface area contributed by atoms with E-state index in [4.69, 9.17) is 9.47 Å². The minimum Gasteiger partial charge on any atom is -0.493 e. The molecule has 5 heteroatoms. The average Bonchev–Trinajstić information content (AvgIpc) is 3.05. The first-order valence-electron chi connectivity index (χ1n) is 6.83. The number of carbonyl (C=O) groups is 1. The number of rotatable bonds is 4. The molecule has 0 bridgehead atoms. The highest BCUT2D eigenvalue weighted by molar-refractivity contribution is 6.02. The first-order chi connectivity index (χ1) is 10.2. The predicted octanol–water partition coefficient (Wildman–Crippen LogP) is 2.23. The second-order valence-electron chi connectivity index (χ2n) is 4.75. The van der Waals surface area contributed by atoms with Crippen LogP contribution in [0.2, 0.25) is 0 Å². The molecule has 1 saturated heterocycles. The van der Waals surface area contributed by atoms with Crippen molar-refractivity contribution in [1.29, 1.82) is 5.26 Å². The number of nitriles is 1. The van der Waals surface area contributed by atoms with E-state index in [9.17, 15) is 10.1 Å². The fourth-order valence-electron chi connectivity index (χ4n) is 2.41. The van der Waals surface area contributed by atoms with Gasteiger partial charge in [-0.25, -0.2) is 0 Å². The molecule has 2 rings (SSSR count). The Morgan fingerprint density at radius 2 is 2.00 bits per heavy atom. The fraction of sp³-hybridized carbons (Fsp3) is 0.375. The Hall–Kier alpha value is -2.48. The SMILES string of the molecule is COc1cccc(/C=C(\C#N)C(=O)N2CCCC2)c1OC. The molecule has 1 heterocycles. The van der Waals surface area contributed by atoms with Crippen LogP contribution in [0.4, 0.5) is 0 Å². The lowest BCUT2D eigenvalue weighted by atomic mass is 10.1. The van der Waals surface area contributed by atoms with E-state index in [0.717, 1.165) is 12.8 Å². The summed E-state index contributed by atoms with van der Waals surface area (Å²) in [6.07, 6.45) is 3.54. The van der Waals surface area contributed by atoms with Crippen molar-refractivity contribution >= 4 is 12.0 Å². The Kier molecular flexibility index (Phi) is 4.83. The van der Waals surface area contributed by atoms with E-state index >= 15 is 0 Å². The van der Waals surface area contributed by atoms with E-state index in [1.807, 2.05) is 6.07 Å². The number of hydrogen-bond donors (Lipinski definition) is 0. The Morgan fingerprint density at radius 3 is 2.57 bits per heavy atom. The highest BCUT2D eigenvalue weighted by Crippen LogP contribution is 2.32. The average molecular weight is 286 g/mol. The zero-order valence-electron chi connectivity index (χ0n) is 12.3. The molecule has 0 aliphatic carbocycles. The quantitative estimate of drug-likeness (QED) is 0.629. The van der Waals surface area contributed by atoms with Crippen LogP contribution in [-0.2, 0) is 4.79 Å². The molecule has 5 nitrogen and oxygen atoms in total. The van der Waals surface area contributed by atoms with Crippen molar-refractivity contribution in [1.82, 2.24) is 4.90 Å². The number of nitrogens with zero attached hydrogens (tertiary/aromatic N) is 2. The normalized spacial score (nSPS) is 14.7. The summed E-state index contributed by atoms with van der Waals surface area (Å²) in [6.45, 7) is 1.43.